The summed E-state index contributed by atoms with van der Waals surface area (Å²) in [6.07, 6.45) is 1.51. The molecule has 0 aliphatic heterocycles. The molecule has 0 atom stereocenters. The van der Waals surface area contributed by atoms with E-state index in [0.29, 0.717) is 6.42 Å². The van der Waals surface area contributed by atoms with Crippen molar-refractivity contribution in [2.24, 2.45) is 0 Å². The lowest BCUT2D eigenvalue weighted by molar-refractivity contribution is -0.114. The van der Waals surface area contributed by atoms with Crippen molar-refractivity contribution < 1.29 is 4.79 Å². The van der Waals surface area contributed by atoms with Gasteiger partial charge in [0.2, 0.25) is 0 Å². The summed E-state index contributed by atoms with van der Waals surface area (Å²) in [4.78, 5) is 11.9. The van der Waals surface area contributed by atoms with Crippen LogP contribution < -0.4 is 0 Å². The van der Waals surface area contributed by atoms with Crippen LogP contribution >= 0.6 is 0 Å². The average molecular weight is 304 g/mol. The van der Waals surface area contributed by atoms with Crippen molar-refractivity contribution in [1.29, 1.82) is 0 Å². The lowest BCUT2D eigenvalue weighted by Gasteiger charge is -2.19. The number of hydrogen-bond acceptors (Lipinski definition) is 1. The molecule has 1 aliphatic carbocycles. The highest BCUT2D eigenvalue weighted by atomic mass is 16.1. The molecule has 0 bridgehead atoms. The van der Waals surface area contributed by atoms with Gasteiger partial charge in [-0.3, -0.25) is 4.79 Å². The van der Waals surface area contributed by atoms with Gasteiger partial charge in [-0.25, -0.2) is 0 Å². The molecule has 0 fully saturated rings. The molecule has 3 rings (SSSR count). The van der Waals surface area contributed by atoms with Crippen molar-refractivity contribution in [2.75, 3.05) is 0 Å². The zero-order chi connectivity index (χ0) is 16.6. The van der Waals surface area contributed by atoms with E-state index in [1.165, 1.54) is 27.8 Å². The summed E-state index contributed by atoms with van der Waals surface area (Å²) in [5, 5.41) is 0. The minimum absolute atomic E-state index is 0.162. The molecule has 1 aliphatic rings. The van der Waals surface area contributed by atoms with Gasteiger partial charge in [-0.1, -0.05) is 69.3 Å². The Labute approximate surface area is 139 Å². The van der Waals surface area contributed by atoms with Crippen LogP contribution in [0.3, 0.4) is 0 Å². The number of carbonyl (C=O) groups is 1. The number of rotatable bonds is 2. The second kappa shape index (κ2) is 5.81. The van der Waals surface area contributed by atoms with Crippen molar-refractivity contribution in [3.8, 4) is 11.1 Å². The van der Waals surface area contributed by atoms with Crippen LogP contribution in [-0.4, -0.2) is 5.78 Å². The molecule has 2 aromatic carbocycles. The van der Waals surface area contributed by atoms with Crippen molar-refractivity contribution in [1.82, 2.24) is 0 Å². The zero-order valence-electron chi connectivity index (χ0n) is 14.4. The summed E-state index contributed by atoms with van der Waals surface area (Å²) in [5.41, 5.74) is 7.29. The molecule has 0 amide bonds. The fourth-order valence-electron chi connectivity index (χ4n) is 3.27. The first kappa shape index (κ1) is 15.7. The van der Waals surface area contributed by atoms with Gasteiger partial charge in [0, 0.05) is 6.42 Å². The quantitative estimate of drug-likeness (QED) is 0.686. The van der Waals surface area contributed by atoms with Gasteiger partial charge in [0.15, 0.2) is 5.78 Å². The van der Waals surface area contributed by atoms with Gasteiger partial charge >= 0.3 is 0 Å². The maximum Gasteiger partial charge on any atom is 0.159 e. The Morgan fingerprint density at radius 3 is 1.96 bits per heavy atom. The first-order valence-corrected chi connectivity index (χ1v) is 8.31. The molecule has 23 heavy (non-hydrogen) atoms. The van der Waals surface area contributed by atoms with Crippen molar-refractivity contribution >= 4 is 11.4 Å². The topological polar surface area (TPSA) is 17.1 Å². The van der Waals surface area contributed by atoms with Crippen LogP contribution in [0.15, 0.2) is 54.1 Å². The van der Waals surface area contributed by atoms with E-state index in [2.05, 4.69) is 69.3 Å². The average Bonchev–Trinajstić information content (AvgIpc) is 2.86. The van der Waals surface area contributed by atoms with Crippen LogP contribution in [0.25, 0.3) is 16.7 Å². The largest absolute Gasteiger partial charge is 0.295 e. The van der Waals surface area contributed by atoms with E-state index in [1.54, 1.807) is 0 Å². The van der Waals surface area contributed by atoms with Gasteiger partial charge in [-0.15, -0.1) is 0 Å². The van der Waals surface area contributed by atoms with Crippen LogP contribution in [0, 0.1) is 0 Å². The maximum absolute atomic E-state index is 11.9. The van der Waals surface area contributed by atoms with Crippen LogP contribution in [0.2, 0.25) is 0 Å². The van der Waals surface area contributed by atoms with Crippen molar-refractivity contribution in [2.45, 2.75) is 46.0 Å². The molecule has 1 heteroatoms. The molecule has 0 radical (unpaired) electrons. The summed E-state index contributed by atoms with van der Waals surface area (Å²) in [7, 11) is 0. The Kier molecular flexibility index (Phi) is 3.97. The van der Waals surface area contributed by atoms with Gasteiger partial charge in [0.1, 0.15) is 0 Å². The Hall–Kier alpha value is -2.15. The SMILES string of the molecule is CC1=C(c2ccccc2-c2ccc(C(C)(C)C)cc2)CCC1=O. The monoisotopic (exact) mass is 304 g/mol. The fraction of sp³-hybridized carbons (Fsp3) is 0.318. The summed E-state index contributed by atoms with van der Waals surface area (Å²) in [6, 6.07) is 17.3. The molecule has 0 spiro atoms. The van der Waals surface area contributed by atoms with Gasteiger partial charge < -0.3 is 0 Å². The molecule has 0 unspecified atom stereocenters. The van der Waals surface area contributed by atoms with Crippen LogP contribution in [-0.2, 0) is 10.2 Å². The summed E-state index contributed by atoms with van der Waals surface area (Å²) in [6.45, 7) is 8.65. The number of benzene rings is 2. The third-order valence-electron chi connectivity index (χ3n) is 4.79. The standard InChI is InChI=1S/C22H24O/c1-15-18(13-14-21(15)23)20-8-6-5-7-19(20)16-9-11-17(12-10-16)22(2,3)4/h5-12H,13-14H2,1-4H3. The zero-order valence-corrected chi connectivity index (χ0v) is 14.4. The molecule has 118 valence electrons. The first-order valence-electron chi connectivity index (χ1n) is 8.31. The van der Waals surface area contributed by atoms with Crippen LogP contribution in [0.1, 0.15) is 51.7 Å². The van der Waals surface area contributed by atoms with E-state index < -0.39 is 0 Å². The number of allylic oxidation sites excluding steroid dienone is 2. The maximum atomic E-state index is 11.9. The van der Waals surface area contributed by atoms with E-state index >= 15 is 0 Å². The minimum atomic E-state index is 0.162. The Bertz CT molecular complexity index is 770. The van der Waals surface area contributed by atoms with Gasteiger partial charge in [-0.05, 0) is 52.2 Å². The second-order valence-electron chi connectivity index (χ2n) is 7.40. The lowest BCUT2D eigenvalue weighted by Crippen LogP contribution is -2.10. The molecule has 0 aromatic heterocycles. The first-order chi connectivity index (χ1) is 10.9. The second-order valence-corrected chi connectivity index (χ2v) is 7.40. The van der Waals surface area contributed by atoms with E-state index in [4.69, 9.17) is 0 Å². The predicted octanol–water partition coefficient (Wildman–Crippen LogP) is 5.79. The Morgan fingerprint density at radius 1 is 0.826 bits per heavy atom. The number of hydrogen-bond donors (Lipinski definition) is 0. The van der Waals surface area contributed by atoms with E-state index in [1.807, 2.05) is 6.92 Å². The summed E-state index contributed by atoms with van der Waals surface area (Å²) in [5.74, 6) is 0.290. The van der Waals surface area contributed by atoms with Crippen molar-refractivity contribution in [3.05, 3.63) is 65.2 Å². The highest BCUT2D eigenvalue weighted by Crippen LogP contribution is 2.37. The third kappa shape index (κ3) is 3.01. The fourth-order valence-corrected chi connectivity index (χ4v) is 3.27. The summed E-state index contributed by atoms with van der Waals surface area (Å²) >= 11 is 0. The minimum Gasteiger partial charge on any atom is -0.295 e. The molecule has 0 saturated heterocycles. The molecular formula is C22H24O. The van der Waals surface area contributed by atoms with Gasteiger partial charge in [0.05, 0.1) is 0 Å². The van der Waals surface area contributed by atoms with E-state index in [0.717, 1.165) is 12.0 Å². The molecule has 0 saturated carbocycles. The summed E-state index contributed by atoms with van der Waals surface area (Å²) < 4.78 is 0. The normalized spacial score (nSPS) is 15.4. The molecule has 0 N–H and O–H groups in total. The lowest BCUT2D eigenvalue weighted by atomic mass is 9.85. The Morgan fingerprint density at radius 2 is 1.43 bits per heavy atom. The number of Topliss-reactive ketones (excluding diaryl/α,β-unsaturated/α-hetero) is 1. The molecule has 1 nitrogen and oxygen atoms in total. The Balaban J connectivity index is 2.07. The molecular weight excluding hydrogens is 280 g/mol. The van der Waals surface area contributed by atoms with E-state index in [-0.39, 0.29) is 11.2 Å². The highest BCUT2D eigenvalue weighted by Gasteiger charge is 2.22. The van der Waals surface area contributed by atoms with Crippen LogP contribution in [0.5, 0.6) is 0 Å². The highest BCUT2D eigenvalue weighted by molar-refractivity contribution is 6.07. The number of ketones is 1. The molecule has 0 heterocycles. The van der Waals surface area contributed by atoms with Crippen molar-refractivity contribution in [3.63, 3.8) is 0 Å². The van der Waals surface area contributed by atoms with Gasteiger partial charge in [0.25, 0.3) is 0 Å². The van der Waals surface area contributed by atoms with Gasteiger partial charge in [-0.2, -0.15) is 0 Å². The molecule has 2 aromatic rings. The smallest absolute Gasteiger partial charge is 0.159 e. The van der Waals surface area contributed by atoms with Crippen LogP contribution in [0.4, 0.5) is 0 Å². The third-order valence-corrected chi connectivity index (χ3v) is 4.79. The predicted molar refractivity (Wildman–Crippen MR) is 97.4 cm³/mol. The van der Waals surface area contributed by atoms with E-state index in [9.17, 15) is 4.79 Å². The number of carbonyl (C=O) groups excluding carboxylic acids is 1.